The number of hydrogen-bond donors (Lipinski definition) is 0. The van der Waals surface area contributed by atoms with E-state index >= 15 is 0 Å². The highest BCUT2D eigenvalue weighted by molar-refractivity contribution is 5.73. The van der Waals surface area contributed by atoms with Crippen molar-refractivity contribution in [2.75, 3.05) is 13.7 Å². The summed E-state index contributed by atoms with van der Waals surface area (Å²) >= 11 is 0. The number of benzene rings is 1. The Bertz CT molecular complexity index is 1010. The minimum Gasteiger partial charge on any atom is -0.295 e. The first-order chi connectivity index (χ1) is 11.8. The second kappa shape index (κ2) is 5.27. The van der Waals surface area contributed by atoms with Crippen molar-refractivity contribution in [3.05, 3.63) is 52.5 Å². The van der Waals surface area contributed by atoms with Gasteiger partial charge in [0, 0.05) is 35.8 Å². The summed E-state index contributed by atoms with van der Waals surface area (Å²) in [5, 5.41) is 6.58. The molecule has 5 nitrogen and oxygen atoms in total. The molecule has 0 atom stereocenters. The van der Waals surface area contributed by atoms with E-state index in [0.29, 0.717) is 16.4 Å². The Labute approximate surface area is 139 Å². The van der Waals surface area contributed by atoms with Gasteiger partial charge < -0.3 is 0 Å². The minimum atomic E-state index is -4.53. The van der Waals surface area contributed by atoms with Crippen LogP contribution in [0.4, 0.5) is 17.6 Å². The molecule has 9 heteroatoms. The molecule has 1 aromatic heterocycles. The molecule has 0 aliphatic carbocycles. The van der Waals surface area contributed by atoms with E-state index in [0.717, 1.165) is 12.3 Å². The molecule has 0 saturated heterocycles. The van der Waals surface area contributed by atoms with Gasteiger partial charge in [0.05, 0.1) is 10.9 Å². The molecule has 25 heavy (non-hydrogen) atoms. The number of pyridine rings is 1. The van der Waals surface area contributed by atoms with E-state index in [2.05, 4.69) is 15.1 Å². The van der Waals surface area contributed by atoms with Crippen LogP contribution in [0, 0.1) is 5.82 Å². The van der Waals surface area contributed by atoms with Crippen molar-refractivity contribution in [1.29, 1.82) is 0 Å². The molecular weight excluding hydrogens is 338 g/mol. The van der Waals surface area contributed by atoms with Gasteiger partial charge in [0.15, 0.2) is 0 Å². The van der Waals surface area contributed by atoms with Crippen LogP contribution in [-0.4, -0.2) is 34.9 Å². The van der Waals surface area contributed by atoms with Crippen LogP contribution in [0.2, 0.25) is 0 Å². The number of nitrogens with zero attached hydrogens (tertiary/aromatic N) is 5. The first-order valence-electron chi connectivity index (χ1n) is 7.30. The zero-order valence-corrected chi connectivity index (χ0v) is 12.9. The van der Waals surface area contributed by atoms with Crippen molar-refractivity contribution >= 4 is 12.2 Å². The Kier molecular flexibility index (Phi) is 3.28. The van der Waals surface area contributed by atoms with E-state index in [-0.39, 0.29) is 17.8 Å². The van der Waals surface area contributed by atoms with Crippen LogP contribution in [0.1, 0.15) is 5.56 Å². The van der Waals surface area contributed by atoms with Crippen LogP contribution in [0.25, 0.3) is 16.9 Å². The predicted molar refractivity (Wildman–Crippen MR) is 81.8 cm³/mol. The highest BCUT2D eigenvalue weighted by atomic mass is 19.4. The van der Waals surface area contributed by atoms with E-state index in [1.807, 2.05) is 0 Å². The normalized spacial score (nSPS) is 16.0. The fourth-order valence-electron chi connectivity index (χ4n) is 2.92. The van der Waals surface area contributed by atoms with Crippen molar-refractivity contribution < 1.29 is 17.6 Å². The molecule has 0 bridgehead atoms. The SMILES string of the molecule is CN1N=CN2CN=c3c(-c4cncc(C(F)(F)F)c4)cc(F)cc3=C21. The molecule has 0 saturated carbocycles. The molecule has 0 amide bonds. The Hall–Kier alpha value is -2.97. The van der Waals surface area contributed by atoms with Crippen LogP contribution < -0.4 is 10.6 Å². The van der Waals surface area contributed by atoms with Gasteiger partial charge in [-0.05, 0) is 18.2 Å². The van der Waals surface area contributed by atoms with Crippen LogP contribution >= 0.6 is 0 Å². The maximum atomic E-state index is 14.2. The summed E-state index contributed by atoms with van der Waals surface area (Å²) in [6.45, 7) is 0.251. The van der Waals surface area contributed by atoms with Crippen LogP contribution in [0.5, 0.6) is 0 Å². The van der Waals surface area contributed by atoms with Gasteiger partial charge in [-0.25, -0.2) is 4.39 Å². The van der Waals surface area contributed by atoms with Crippen LogP contribution in [0.15, 0.2) is 40.7 Å². The Balaban J connectivity index is 2.00. The van der Waals surface area contributed by atoms with Crippen LogP contribution in [0.3, 0.4) is 0 Å². The molecule has 2 aliphatic rings. The zero-order chi connectivity index (χ0) is 17.8. The Morgan fingerprint density at radius 1 is 1.12 bits per heavy atom. The summed E-state index contributed by atoms with van der Waals surface area (Å²) < 4.78 is 53.1. The van der Waals surface area contributed by atoms with Gasteiger partial charge in [0.2, 0.25) is 0 Å². The first-order valence-corrected chi connectivity index (χ1v) is 7.30. The number of aromatic nitrogens is 1. The number of hydrogen-bond acceptors (Lipinski definition) is 5. The molecule has 0 unspecified atom stereocenters. The number of rotatable bonds is 1. The molecule has 3 heterocycles. The third-order valence-corrected chi connectivity index (χ3v) is 4.02. The maximum absolute atomic E-state index is 14.2. The summed E-state index contributed by atoms with van der Waals surface area (Å²) in [6.07, 6.45) is -0.954. The van der Waals surface area contributed by atoms with E-state index in [1.54, 1.807) is 23.3 Å². The third kappa shape index (κ3) is 2.51. The zero-order valence-electron chi connectivity index (χ0n) is 12.9. The topological polar surface area (TPSA) is 44.1 Å². The van der Waals surface area contributed by atoms with Gasteiger partial charge in [0.1, 0.15) is 24.6 Å². The second-order valence-corrected chi connectivity index (χ2v) is 5.66. The molecule has 4 rings (SSSR count). The molecule has 2 aromatic rings. The first kappa shape index (κ1) is 15.6. The second-order valence-electron chi connectivity index (χ2n) is 5.66. The van der Waals surface area contributed by atoms with E-state index in [9.17, 15) is 17.6 Å². The number of alkyl halides is 3. The van der Waals surface area contributed by atoms with Crippen molar-refractivity contribution in [2.45, 2.75) is 6.18 Å². The Morgan fingerprint density at radius 3 is 2.68 bits per heavy atom. The number of fused-ring (bicyclic) bond motifs is 2. The lowest BCUT2D eigenvalue weighted by Gasteiger charge is -2.22. The molecule has 0 radical (unpaired) electrons. The average Bonchev–Trinajstić information content (AvgIpc) is 2.95. The Morgan fingerprint density at radius 2 is 1.92 bits per heavy atom. The van der Waals surface area contributed by atoms with Crippen molar-refractivity contribution in [1.82, 2.24) is 14.9 Å². The molecule has 0 fully saturated rings. The molecule has 128 valence electrons. The third-order valence-electron chi connectivity index (χ3n) is 4.02. The standard InChI is InChI=1S/C16H11F4N5/c1-24-15-13-4-11(17)3-12(14(13)22-7-25(15)8-23-24)9-2-10(6-21-5-9)16(18,19)20/h2-6,8H,7H2,1H3. The molecule has 0 spiro atoms. The average molecular weight is 349 g/mol. The fourth-order valence-corrected chi connectivity index (χ4v) is 2.92. The summed E-state index contributed by atoms with van der Waals surface area (Å²) in [6, 6.07) is 3.42. The largest absolute Gasteiger partial charge is 0.417 e. The highest BCUT2D eigenvalue weighted by Crippen LogP contribution is 2.30. The lowest BCUT2D eigenvalue weighted by molar-refractivity contribution is -0.137. The molecule has 1 aromatic carbocycles. The van der Waals surface area contributed by atoms with Crippen molar-refractivity contribution in [3.63, 3.8) is 0 Å². The molecule has 0 N–H and O–H groups in total. The smallest absolute Gasteiger partial charge is 0.295 e. The summed E-state index contributed by atoms with van der Waals surface area (Å²) in [4.78, 5) is 9.77. The van der Waals surface area contributed by atoms with E-state index in [1.165, 1.54) is 18.3 Å². The quantitative estimate of drug-likeness (QED) is 0.737. The van der Waals surface area contributed by atoms with Crippen molar-refractivity contribution in [3.8, 4) is 11.1 Å². The predicted octanol–water partition coefficient (Wildman–Crippen LogP) is 1.75. The summed E-state index contributed by atoms with van der Waals surface area (Å²) in [5.41, 5.74) is -0.472. The van der Waals surface area contributed by atoms with E-state index in [4.69, 9.17) is 0 Å². The maximum Gasteiger partial charge on any atom is 0.417 e. The molecular formula is C16H11F4N5. The minimum absolute atomic E-state index is 0.157. The van der Waals surface area contributed by atoms with E-state index < -0.39 is 17.6 Å². The monoisotopic (exact) mass is 349 g/mol. The lowest BCUT2D eigenvalue weighted by atomic mass is 10.0. The van der Waals surface area contributed by atoms with Gasteiger partial charge in [-0.3, -0.25) is 19.9 Å². The van der Waals surface area contributed by atoms with Crippen molar-refractivity contribution in [2.24, 2.45) is 10.1 Å². The number of halogens is 4. The lowest BCUT2D eigenvalue weighted by Crippen LogP contribution is -2.42. The fraction of sp³-hybridized carbons (Fsp3) is 0.188. The van der Waals surface area contributed by atoms with Gasteiger partial charge in [-0.2, -0.15) is 18.3 Å². The summed E-state index contributed by atoms with van der Waals surface area (Å²) in [7, 11) is 1.71. The van der Waals surface area contributed by atoms with Gasteiger partial charge in [-0.1, -0.05) is 0 Å². The highest BCUT2D eigenvalue weighted by Gasteiger charge is 2.31. The summed E-state index contributed by atoms with van der Waals surface area (Å²) in [5.74, 6) is 0.0571. The van der Waals surface area contributed by atoms with Gasteiger partial charge >= 0.3 is 6.18 Å². The van der Waals surface area contributed by atoms with Gasteiger partial charge in [0.25, 0.3) is 0 Å². The number of hydrazone groups is 1. The van der Waals surface area contributed by atoms with Gasteiger partial charge in [-0.15, -0.1) is 0 Å². The van der Waals surface area contributed by atoms with Crippen LogP contribution in [-0.2, 0) is 6.18 Å². The molecule has 2 aliphatic heterocycles.